The number of ketones is 1. The standard InChI is InChI=1S/C22H14ClNO4/c23-18-11-10-14(13-19(18)24(26)27)12-17-21(25)16-8-4-5-9-20(16)28-22(17)15-6-2-1-3-7-15/h1-13,22H/b17-12+. The second-order valence-electron chi connectivity index (χ2n) is 6.30. The van der Waals surface area contributed by atoms with E-state index in [-0.39, 0.29) is 16.5 Å². The molecule has 0 bridgehead atoms. The number of fused-ring (bicyclic) bond motifs is 1. The number of benzene rings is 3. The molecule has 0 saturated heterocycles. The molecule has 0 fully saturated rings. The highest BCUT2D eigenvalue weighted by Gasteiger charge is 2.32. The smallest absolute Gasteiger partial charge is 0.288 e. The third-order valence-corrected chi connectivity index (χ3v) is 4.83. The Balaban J connectivity index is 1.86. The Morgan fingerprint density at radius 3 is 2.46 bits per heavy atom. The lowest BCUT2D eigenvalue weighted by Gasteiger charge is -2.28. The van der Waals surface area contributed by atoms with Gasteiger partial charge in [0, 0.05) is 11.6 Å². The van der Waals surface area contributed by atoms with E-state index < -0.39 is 11.0 Å². The number of carbonyl (C=O) groups excluding carboxylic acids is 1. The summed E-state index contributed by atoms with van der Waals surface area (Å²) in [4.78, 5) is 23.8. The van der Waals surface area contributed by atoms with Crippen LogP contribution in [0, 0.1) is 10.1 Å². The summed E-state index contributed by atoms with van der Waals surface area (Å²) >= 11 is 5.90. The van der Waals surface area contributed by atoms with Crippen molar-refractivity contribution in [1.82, 2.24) is 0 Å². The average Bonchev–Trinajstić information content (AvgIpc) is 2.71. The molecule has 3 aromatic carbocycles. The average molecular weight is 392 g/mol. The van der Waals surface area contributed by atoms with E-state index in [1.165, 1.54) is 12.1 Å². The number of hydrogen-bond donors (Lipinski definition) is 0. The molecule has 1 atom stereocenters. The Morgan fingerprint density at radius 1 is 1.00 bits per heavy atom. The molecular weight excluding hydrogens is 378 g/mol. The van der Waals surface area contributed by atoms with Gasteiger partial charge in [-0.15, -0.1) is 0 Å². The van der Waals surface area contributed by atoms with Crippen molar-refractivity contribution in [1.29, 1.82) is 0 Å². The summed E-state index contributed by atoms with van der Waals surface area (Å²) < 4.78 is 6.13. The minimum Gasteiger partial charge on any atom is -0.480 e. The monoisotopic (exact) mass is 391 g/mol. The third kappa shape index (κ3) is 3.28. The van der Waals surface area contributed by atoms with Gasteiger partial charge in [-0.05, 0) is 35.4 Å². The lowest BCUT2D eigenvalue weighted by molar-refractivity contribution is -0.384. The number of carbonyl (C=O) groups is 1. The summed E-state index contributed by atoms with van der Waals surface area (Å²) in [5, 5.41) is 11.2. The predicted molar refractivity (Wildman–Crippen MR) is 107 cm³/mol. The van der Waals surface area contributed by atoms with Crippen molar-refractivity contribution in [3.63, 3.8) is 0 Å². The van der Waals surface area contributed by atoms with E-state index in [0.717, 1.165) is 5.56 Å². The molecule has 0 N–H and O–H groups in total. The Hall–Kier alpha value is -3.44. The highest BCUT2D eigenvalue weighted by atomic mass is 35.5. The van der Waals surface area contributed by atoms with Crippen molar-refractivity contribution in [2.45, 2.75) is 6.10 Å². The lowest BCUT2D eigenvalue weighted by atomic mass is 9.89. The molecule has 5 nitrogen and oxygen atoms in total. The fourth-order valence-corrected chi connectivity index (χ4v) is 3.36. The summed E-state index contributed by atoms with van der Waals surface area (Å²) in [6, 6.07) is 20.9. The van der Waals surface area contributed by atoms with Gasteiger partial charge in [0.05, 0.1) is 10.5 Å². The zero-order chi connectivity index (χ0) is 19.7. The van der Waals surface area contributed by atoms with Gasteiger partial charge in [0.2, 0.25) is 0 Å². The van der Waals surface area contributed by atoms with Crippen molar-refractivity contribution < 1.29 is 14.5 Å². The van der Waals surface area contributed by atoms with Crippen LogP contribution >= 0.6 is 11.6 Å². The Labute approximate surface area is 166 Å². The van der Waals surface area contributed by atoms with Crippen molar-refractivity contribution in [2.24, 2.45) is 0 Å². The molecule has 0 aliphatic carbocycles. The molecule has 1 aliphatic rings. The Bertz CT molecular complexity index is 1110. The molecule has 0 aromatic heterocycles. The number of nitro benzene ring substituents is 1. The van der Waals surface area contributed by atoms with Crippen LogP contribution in [0.4, 0.5) is 5.69 Å². The maximum atomic E-state index is 13.2. The highest BCUT2D eigenvalue weighted by molar-refractivity contribution is 6.32. The maximum absolute atomic E-state index is 13.2. The minimum absolute atomic E-state index is 0.0447. The second kappa shape index (κ2) is 7.29. The van der Waals surface area contributed by atoms with Crippen LogP contribution in [0.25, 0.3) is 6.08 Å². The topological polar surface area (TPSA) is 69.4 Å². The SMILES string of the molecule is O=C1/C(=C\c2ccc(Cl)c([N+](=O)[O-])c2)C(c2ccccc2)Oc2ccccc21. The first-order chi connectivity index (χ1) is 13.5. The number of para-hydroxylation sites is 1. The van der Waals surface area contributed by atoms with Gasteiger partial charge in [-0.3, -0.25) is 14.9 Å². The van der Waals surface area contributed by atoms with Crippen LogP contribution in [0.5, 0.6) is 5.75 Å². The molecule has 138 valence electrons. The first kappa shape index (κ1) is 17.9. The summed E-state index contributed by atoms with van der Waals surface area (Å²) in [6.07, 6.45) is 1.01. The molecule has 4 rings (SSSR count). The van der Waals surface area contributed by atoms with Gasteiger partial charge >= 0.3 is 0 Å². The zero-order valence-corrected chi connectivity index (χ0v) is 15.3. The summed E-state index contributed by atoms with van der Waals surface area (Å²) in [5.41, 5.74) is 1.98. The number of nitrogens with zero attached hydrogens (tertiary/aromatic N) is 1. The fraction of sp³-hybridized carbons (Fsp3) is 0.0455. The minimum atomic E-state index is -0.613. The van der Waals surface area contributed by atoms with Crippen LogP contribution in [0.3, 0.4) is 0 Å². The summed E-state index contributed by atoms with van der Waals surface area (Å²) in [5.74, 6) is 0.342. The van der Waals surface area contributed by atoms with Crippen LogP contribution in [-0.4, -0.2) is 10.7 Å². The molecule has 28 heavy (non-hydrogen) atoms. The zero-order valence-electron chi connectivity index (χ0n) is 14.5. The quantitative estimate of drug-likeness (QED) is 0.328. The van der Waals surface area contributed by atoms with Crippen LogP contribution in [0.2, 0.25) is 5.02 Å². The van der Waals surface area contributed by atoms with Crippen LogP contribution in [-0.2, 0) is 0 Å². The number of hydrogen-bond acceptors (Lipinski definition) is 4. The number of nitro groups is 1. The molecule has 6 heteroatoms. The van der Waals surface area contributed by atoms with Gasteiger partial charge in [0.15, 0.2) is 11.9 Å². The summed E-state index contributed by atoms with van der Waals surface area (Å²) in [7, 11) is 0. The van der Waals surface area contributed by atoms with E-state index in [1.54, 1.807) is 30.3 Å². The van der Waals surface area contributed by atoms with Crippen molar-refractivity contribution >= 4 is 29.1 Å². The van der Waals surface area contributed by atoms with E-state index in [0.29, 0.717) is 22.4 Å². The van der Waals surface area contributed by atoms with E-state index in [4.69, 9.17) is 16.3 Å². The van der Waals surface area contributed by atoms with Crippen molar-refractivity contribution in [2.75, 3.05) is 0 Å². The van der Waals surface area contributed by atoms with Gasteiger partial charge in [-0.2, -0.15) is 0 Å². The Kier molecular flexibility index (Phi) is 4.67. The van der Waals surface area contributed by atoms with E-state index in [2.05, 4.69) is 0 Å². The highest BCUT2D eigenvalue weighted by Crippen LogP contribution is 2.39. The predicted octanol–water partition coefficient (Wildman–Crippen LogP) is 5.65. The molecular formula is C22H14ClNO4. The van der Waals surface area contributed by atoms with E-state index in [9.17, 15) is 14.9 Å². The third-order valence-electron chi connectivity index (χ3n) is 4.51. The van der Waals surface area contributed by atoms with Gasteiger partial charge < -0.3 is 4.74 Å². The Morgan fingerprint density at radius 2 is 1.71 bits per heavy atom. The van der Waals surface area contributed by atoms with Crippen LogP contribution < -0.4 is 4.74 Å². The maximum Gasteiger partial charge on any atom is 0.288 e. The van der Waals surface area contributed by atoms with Crippen molar-refractivity contribution in [3.8, 4) is 5.75 Å². The second-order valence-corrected chi connectivity index (χ2v) is 6.71. The normalized spacial score (nSPS) is 17.1. The van der Waals surface area contributed by atoms with E-state index in [1.807, 2.05) is 36.4 Å². The van der Waals surface area contributed by atoms with Gasteiger partial charge in [-0.1, -0.05) is 60.1 Å². The molecule has 0 radical (unpaired) electrons. The molecule has 0 spiro atoms. The summed E-state index contributed by atoms with van der Waals surface area (Å²) in [6.45, 7) is 0. The molecule has 0 amide bonds. The molecule has 1 heterocycles. The van der Waals surface area contributed by atoms with Gasteiger partial charge in [-0.25, -0.2) is 0 Å². The number of rotatable bonds is 3. The number of halogens is 1. The first-order valence-corrected chi connectivity index (χ1v) is 8.93. The lowest BCUT2D eigenvalue weighted by Crippen LogP contribution is -2.23. The number of Topliss-reactive ketones (excluding diaryl/α,β-unsaturated/α-hetero) is 1. The van der Waals surface area contributed by atoms with E-state index >= 15 is 0 Å². The van der Waals surface area contributed by atoms with Crippen LogP contribution in [0.15, 0.2) is 78.4 Å². The van der Waals surface area contributed by atoms with Crippen LogP contribution in [0.1, 0.15) is 27.6 Å². The number of ether oxygens (including phenoxy) is 1. The largest absolute Gasteiger partial charge is 0.480 e. The molecule has 3 aromatic rings. The molecule has 0 saturated carbocycles. The first-order valence-electron chi connectivity index (χ1n) is 8.55. The van der Waals surface area contributed by atoms with Crippen molar-refractivity contribution in [3.05, 3.63) is 110 Å². The molecule has 1 unspecified atom stereocenters. The van der Waals surface area contributed by atoms with Gasteiger partial charge in [0.1, 0.15) is 10.8 Å². The van der Waals surface area contributed by atoms with Gasteiger partial charge in [0.25, 0.3) is 5.69 Å². The fourth-order valence-electron chi connectivity index (χ4n) is 3.18. The molecule has 1 aliphatic heterocycles.